The van der Waals surface area contributed by atoms with Crippen molar-refractivity contribution in [1.29, 1.82) is 0 Å². The first-order valence-electron chi connectivity index (χ1n) is 18.7. The first-order chi connectivity index (χ1) is 25.8. The Morgan fingerprint density at radius 3 is 2.04 bits per heavy atom. The van der Waals surface area contributed by atoms with Crippen molar-refractivity contribution in [3.05, 3.63) is 125 Å². The molecule has 10 heteroatoms. The highest BCUT2D eigenvalue weighted by Crippen LogP contribution is 2.41. The molecule has 1 saturated carbocycles. The minimum absolute atomic E-state index is 0.0646. The van der Waals surface area contributed by atoms with Crippen molar-refractivity contribution < 1.29 is 33.7 Å². The van der Waals surface area contributed by atoms with E-state index in [1.54, 1.807) is 29.7 Å². The summed E-state index contributed by atoms with van der Waals surface area (Å²) in [5, 5.41) is 24.2. The molecule has 2 aromatic rings. The highest BCUT2D eigenvalue weighted by atomic mass is 32.1. The smallest absolute Gasteiger partial charge is 0.360 e. The molecule has 2 N–H and O–H groups in total. The van der Waals surface area contributed by atoms with Crippen LogP contribution >= 0.6 is 11.3 Å². The van der Waals surface area contributed by atoms with Gasteiger partial charge in [0.15, 0.2) is 17.3 Å². The van der Waals surface area contributed by atoms with Crippen LogP contribution in [0.2, 0.25) is 0 Å². The van der Waals surface area contributed by atoms with Gasteiger partial charge in [0.2, 0.25) is 0 Å². The molecule has 1 fully saturated rings. The number of hydrogen-bond donors (Lipinski definition) is 2. The third-order valence-corrected chi connectivity index (χ3v) is 10.8. The Kier molecular flexibility index (Phi) is 15.5. The molecule has 1 aliphatic heterocycles. The van der Waals surface area contributed by atoms with Crippen LogP contribution in [0.25, 0.3) is 6.08 Å². The van der Waals surface area contributed by atoms with Crippen LogP contribution < -0.4 is 0 Å². The van der Waals surface area contributed by atoms with E-state index < -0.39 is 47.2 Å². The Labute approximate surface area is 324 Å². The summed E-state index contributed by atoms with van der Waals surface area (Å²) in [5.74, 6) is 0.102. The van der Waals surface area contributed by atoms with Gasteiger partial charge in [-0.05, 0) is 44.1 Å². The van der Waals surface area contributed by atoms with Gasteiger partial charge in [-0.2, -0.15) is 0 Å². The van der Waals surface area contributed by atoms with Gasteiger partial charge in [0.1, 0.15) is 23.5 Å². The van der Waals surface area contributed by atoms with Crippen LogP contribution in [0, 0.1) is 28.6 Å². The van der Waals surface area contributed by atoms with Crippen LogP contribution in [-0.4, -0.2) is 56.5 Å². The maximum absolute atomic E-state index is 13.3. The second kappa shape index (κ2) is 19.8. The highest BCUT2D eigenvalue weighted by molar-refractivity contribution is 7.10. The Balaban J connectivity index is 1.56. The molecule has 7 atom stereocenters. The molecule has 2 aromatic heterocycles. The third kappa shape index (κ3) is 12.1. The van der Waals surface area contributed by atoms with E-state index in [-0.39, 0.29) is 17.3 Å². The van der Waals surface area contributed by atoms with Crippen molar-refractivity contribution in [2.45, 2.75) is 98.6 Å². The summed E-state index contributed by atoms with van der Waals surface area (Å²) in [7, 11) is 0. The molecule has 0 radical (unpaired) electrons. The first-order valence-corrected chi connectivity index (χ1v) is 19.6. The molecular weight excluding hydrogens is 701 g/mol. The lowest BCUT2D eigenvalue weighted by Crippen LogP contribution is -2.42. The van der Waals surface area contributed by atoms with Gasteiger partial charge in [-0.3, -0.25) is 0 Å². The molecule has 1 aliphatic carbocycles. The van der Waals surface area contributed by atoms with Gasteiger partial charge < -0.3 is 24.1 Å². The van der Waals surface area contributed by atoms with Crippen molar-refractivity contribution in [2.24, 2.45) is 28.6 Å². The molecule has 4 rings (SSSR count). The fourth-order valence-electron chi connectivity index (χ4n) is 5.99. The fourth-order valence-corrected chi connectivity index (χ4v) is 6.68. The van der Waals surface area contributed by atoms with Crippen molar-refractivity contribution in [2.75, 3.05) is 0 Å². The van der Waals surface area contributed by atoms with Crippen molar-refractivity contribution in [1.82, 2.24) is 9.97 Å². The second-order valence-corrected chi connectivity index (χ2v) is 16.0. The number of oxazole rings is 1. The molecular formula is C44H56N2O7S. The molecule has 290 valence electrons. The topological polar surface area (TPSA) is 132 Å². The van der Waals surface area contributed by atoms with Crippen LogP contribution in [0.15, 0.2) is 107 Å². The molecule has 0 saturated heterocycles. The van der Waals surface area contributed by atoms with Crippen molar-refractivity contribution >= 4 is 29.4 Å². The van der Waals surface area contributed by atoms with Gasteiger partial charge in [0, 0.05) is 35.5 Å². The maximum Gasteiger partial charge on any atom is 0.360 e. The summed E-state index contributed by atoms with van der Waals surface area (Å²) in [6, 6.07) is 0. The summed E-state index contributed by atoms with van der Waals surface area (Å²) >= 11 is 1.36. The van der Waals surface area contributed by atoms with Gasteiger partial charge >= 0.3 is 11.9 Å². The predicted octanol–water partition coefficient (Wildman–Crippen LogP) is 9.21. The van der Waals surface area contributed by atoms with Crippen LogP contribution in [0.3, 0.4) is 0 Å². The Morgan fingerprint density at radius 2 is 1.37 bits per heavy atom. The van der Waals surface area contributed by atoms with Crippen LogP contribution in [0.5, 0.6) is 0 Å². The SMILES string of the molecule is C/C=C/[C@H](O)C(C)(C)[C@@H]1C/C=C\[C@H]2C[C@H]2/C=C/C=C\c2nc(cs2)C(=O)O[C@H](C(C)(C)[C@@H](O)/C=C/C)C\C=C/C=C\C=C\[C@H](C)Cc2nc(co2)C(=O)O1. The number of aliphatic hydroxyl groups is 2. The lowest BCUT2D eigenvalue weighted by atomic mass is 9.79. The number of carbonyl (C=O) groups is 2. The predicted molar refractivity (Wildman–Crippen MR) is 215 cm³/mol. The summed E-state index contributed by atoms with van der Waals surface area (Å²) < 4.78 is 17.7. The third-order valence-electron chi connectivity index (χ3n) is 10.0. The second-order valence-electron chi connectivity index (χ2n) is 15.2. The number of ether oxygens (including phenoxy) is 2. The summed E-state index contributed by atoms with van der Waals surface area (Å²) in [6.07, 6.45) is 31.3. The minimum atomic E-state index is -0.824. The number of fused-ring (bicyclic) bond motifs is 5. The molecule has 9 nitrogen and oxygen atoms in total. The molecule has 3 heterocycles. The zero-order valence-corrected chi connectivity index (χ0v) is 33.3. The quantitative estimate of drug-likeness (QED) is 0.219. The Morgan fingerprint density at radius 1 is 0.778 bits per heavy atom. The van der Waals surface area contributed by atoms with E-state index in [0.717, 1.165) is 6.42 Å². The van der Waals surface area contributed by atoms with E-state index in [2.05, 4.69) is 22.1 Å². The van der Waals surface area contributed by atoms with E-state index in [1.165, 1.54) is 17.6 Å². The number of allylic oxidation sites excluding steroid dienone is 11. The molecule has 2 aliphatic rings. The average molecular weight is 757 g/mol. The van der Waals surface area contributed by atoms with Crippen molar-refractivity contribution in [3.63, 3.8) is 0 Å². The number of hydrogen-bond acceptors (Lipinski definition) is 10. The number of cyclic esters (lactones) is 2. The molecule has 54 heavy (non-hydrogen) atoms. The lowest BCUT2D eigenvalue weighted by Gasteiger charge is -2.36. The molecule has 0 aromatic carbocycles. The fraction of sp³-hybridized carbons (Fsp3) is 0.455. The largest absolute Gasteiger partial charge is 0.457 e. The van der Waals surface area contributed by atoms with E-state index in [1.807, 2.05) is 109 Å². The zero-order chi connectivity index (χ0) is 39.3. The van der Waals surface area contributed by atoms with Crippen LogP contribution in [0.4, 0.5) is 0 Å². The summed E-state index contributed by atoms with van der Waals surface area (Å²) in [4.78, 5) is 35.5. The minimum Gasteiger partial charge on any atom is -0.457 e. The van der Waals surface area contributed by atoms with E-state index >= 15 is 0 Å². The standard InChI is InChI=1S/C44H56N2O7S/c1-8-18-35(47)43(4,5)37-23-14-12-10-11-13-20-30(3)26-39-45-33(28-51-39)41(49)52-38(44(6,7)36(48)19-9-2)24-17-22-32-27-31(32)21-15-16-25-40-46-34(29-54-40)42(50)53-37/h8-22,25,28-32,35-38,47-48H,23-24,26-27H2,1-7H3/b11-10-,14-12-,18-8+,19-9+,20-13+,21-15+,22-17-,25-16-/t30-,31+,32-,35-,36-,37-,38-/m0/s1. The van der Waals surface area contributed by atoms with E-state index in [4.69, 9.17) is 13.9 Å². The molecule has 0 amide bonds. The molecule has 0 spiro atoms. The first kappa shape index (κ1) is 42.4. The van der Waals surface area contributed by atoms with Crippen LogP contribution in [-0.2, 0) is 15.9 Å². The van der Waals surface area contributed by atoms with Gasteiger partial charge in [0.25, 0.3) is 0 Å². The van der Waals surface area contributed by atoms with Crippen LogP contribution in [0.1, 0.15) is 99.6 Å². The number of esters is 2. The summed E-state index contributed by atoms with van der Waals surface area (Å²) in [5.41, 5.74) is -1.22. The van der Waals surface area contributed by atoms with Gasteiger partial charge in [0.05, 0.1) is 12.2 Å². The average Bonchev–Trinajstić information content (AvgIpc) is 3.45. The monoisotopic (exact) mass is 756 g/mol. The molecule has 0 unspecified atom stereocenters. The number of rotatable bonds is 6. The van der Waals surface area contributed by atoms with E-state index in [0.29, 0.717) is 42.0 Å². The number of aliphatic hydroxyl groups excluding tert-OH is 2. The summed E-state index contributed by atoms with van der Waals surface area (Å²) in [6.45, 7) is 13.3. The zero-order valence-electron chi connectivity index (χ0n) is 32.5. The van der Waals surface area contributed by atoms with Gasteiger partial charge in [-0.15, -0.1) is 11.3 Å². The Hall–Kier alpha value is -4.38. The normalized spacial score (nSPS) is 28.6. The number of thiazole rings is 1. The van der Waals surface area contributed by atoms with Gasteiger partial charge in [-0.1, -0.05) is 126 Å². The van der Waals surface area contributed by atoms with Crippen molar-refractivity contribution in [3.8, 4) is 0 Å². The molecule has 4 bridgehead atoms. The number of nitrogens with zero attached hydrogens (tertiary/aromatic N) is 2. The number of carbonyl (C=O) groups excluding carboxylic acids is 2. The Bertz CT molecular complexity index is 1790. The van der Waals surface area contributed by atoms with Gasteiger partial charge in [-0.25, -0.2) is 19.6 Å². The number of aromatic nitrogens is 2. The lowest BCUT2D eigenvalue weighted by molar-refractivity contribution is -0.0461. The van der Waals surface area contributed by atoms with E-state index in [9.17, 15) is 19.8 Å². The highest BCUT2D eigenvalue weighted by Gasteiger charge is 2.39. The maximum atomic E-state index is 13.3.